The fourth-order valence-corrected chi connectivity index (χ4v) is 4.63. The fraction of sp³-hybridized carbons (Fsp3) is 0.591. The van der Waals surface area contributed by atoms with Crippen molar-refractivity contribution in [2.75, 3.05) is 18.4 Å². The number of benzene rings is 1. The van der Waals surface area contributed by atoms with Crippen molar-refractivity contribution in [3.8, 4) is 0 Å². The Bertz CT molecular complexity index is 804. The Labute approximate surface area is 177 Å². The molecule has 0 spiro atoms. The molecule has 0 radical (unpaired) electrons. The van der Waals surface area contributed by atoms with Gasteiger partial charge in [0.2, 0.25) is 5.91 Å². The number of likely N-dealkylation sites (tertiary alicyclic amines) is 1. The van der Waals surface area contributed by atoms with E-state index in [2.05, 4.69) is 5.32 Å². The highest BCUT2D eigenvalue weighted by Gasteiger charge is 2.63. The third-order valence-corrected chi connectivity index (χ3v) is 6.06. The molecule has 1 heterocycles. The second-order valence-corrected chi connectivity index (χ2v) is 9.72. The number of hydrogen-bond donors (Lipinski definition) is 3. The number of nitrogens with one attached hydrogen (secondary N) is 2. The molecule has 8 heteroatoms. The van der Waals surface area contributed by atoms with Crippen LogP contribution in [0.5, 0.6) is 0 Å². The van der Waals surface area contributed by atoms with Gasteiger partial charge in [0.15, 0.2) is 6.54 Å². The van der Waals surface area contributed by atoms with Gasteiger partial charge in [-0.05, 0) is 57.4 Å². The quantitative estimate of drug-likeness (QED) is 0.357. The number of halogens is 1. The largest absolute Gasteiger partial charge is 0.321 e. The Morgan fingerprint density at radius 3 is 2.30 bits per heavy atom. The van der Waals surface area contributed by atoms with Crippen molar-refractivity contribution in [2.45, 2.75) is 59.4 Å². The number of hydroxylamine groups is 1. The normalized spacial score (nSPS) is 24.2. The molecule has 1 saturated heterocycles. The van der Waals surface area contributed by atoms with Crippen molar-refractivity contribution in [3.63, 3.8) is 0 Å². The van der Waals surface area contributed by atoms with Gasteiger partial charge in [-0.25, -0.2) is 19.1 Å². The Morgan fingerprint density at radius 2 is 1.80 bits per heavy atom. The topological polar surface area (TPSA) is 95.5 Å². The molecule has 1 aliphatic heterocycles. The predicted molar refractivity (Wildman–Crippen MR) is 111 cm³/mol. The summed E-state index contributed by atoms with van der Waals surface area (Å²) in [7, 11) is 0. The summed E-state index contributed by atoms with van der Waals surface area (Å²) in [5, 5.41) is 11.8. The maximum atomic E-state index is 13.9. The van der Waals surface area contributed by atoms with Gasteiger partial charge in [0, 0.05) is 18.5 Å². The molecule has 1 aromatic carbocycles. The molecule has 2 rings (SSSR count). The first-order valence-electron chi connectivity index (χ1n) is 10.3. The zero-order valence-electron chi connectivity index (χ0n) is 18.4. The standard InChI is InChI=1S/C22H32FN3O4/c1-15(2)12-22(13-18(27)25-30)10-11-26(20(22)29,21(3,4)5)14-19(28)24-17-8-6-16(23)7-9-17/h6-9,15H,10-14H2,1-5H3,(H2-,24,25,27,28,30)/p+1. The number of nitrogens with zero attached hydrogens (tertiary/aromatic N) is 1. The van der Waals surface area contributed by atoms with Crippen LogP contribution in [0.15, 0.2) is 24.3 Å². The summed E-state index contributed by atoms with van der Waals surface area (Å²) in [6.07, 6.45) is 0.837. The molecule has 2 atom stereocenters. The molecule has 0 aliphatic carbocycles. The summed E-state index contributed by atoms with van der Waals surface area (Å²) >= 11 is 0. The van der Waals surface area contributed by atoms with E-state index in [1.807, 2.05) is 34.6 Å². The van der Waals surface area contributed by atoms with Gasteiger partial charge < -0.3 is 5.32 Å². The van der Waals surface area contributed by atoms with Crippen LogP contribution in [0.2, 0.25) is 0 Å². The minimum Gasteiger partial charge on any atom is -0.321 e. The number of rotatable bonds is 7. The van der Waals surface area contributed by atoms with Crippen LogP contribution < -0.4 is 10.8 Å². The summed E-state index contributed by atoms with van der Waals surface area (Å²) in [6, 6.07) is 5.45. The van der Waals surface area contributed by atoms with Crippen LogP contribution in [0.3, 0.4) is 0 Å². The minimum absolute atomic E-state index is 0.0830. The lowest BCUT2D eigenvalue weighted by molar-refractivity contribution is -0.886. The lowest BCUT2D eigenvalue weighted by atomic mass is 9.75. The molecule has 166 valence electrons. The van der Waals surface area contributed by atoms with Gasteiger partial charge in [-0.3, -0.25) is 14.8 Å². The molecule has 3 amide bonds. The second-order valence-electron chi connectivity index (χ2n) is 9.72. The van der Waals surface area contributed by atoms with Crippen LogP contribution in [0.1, 0.15) is 53.9 Å². The zero-order valence-corrected chi connectivity index (χ0v) is 18.4. The van der Waals surface area contributed by atoms with Gasteiger partial charge in [-0.2, -0.15) is 0 Å². The monoisotopic (exact) mass is 422 g/mol. The summed E-state index contributed by atoms with van der Waals surface area (Å²) < 4.78 is 13.0. The summed E-state index contributed by atoms with van der Waals surface area (Å²) in [6.45, 7) is 10.0. The number of carbonyl (C=O) groups excluding carboxylic acids is 3. The number of quaternary nitrogens is 1. The van der Waals surface area contributed by atoms with Gasteiger partial charge in [-0.15, -0.1) is 0 Å². The molecule has 1 aromatic rings. The van der Waals surface area contributed by atoms with Crippen LogP contribution in [0.25, 0.3) is 0 Å². The van der Waals surface area contributed by atoms with Gasteiger partial charge in [0.25, 0.3) is 5.91 Å². The van der Waals surface area contributed by atoms with E-state index in [0.717, 1.165) is 0 Å². The fourth-order valence-electron chi connectivity index (χ4n) is 4.63. The van der Waals surface area contributed by atoms with E-state index in [4.69, 9.17) is 5.21 Å². The highest BCUT2D eigenvalue weighted by Crippen LogP contribution is 2.48. The SMILES string of the molecule is CC(C)CC1(CC(=O)NO)CC[N+](CC(=O)Nc2ccc(F)cc2)(C(C)(C)C)C1=O. The van der Waals surface area contributed by atoms with E-state index in [1.165, 1.54) is 24.3 Å². The van der Waals surface area contributed by atoms with E-state index in [9.17, 15) is 18.8 Å². The van der Waals surface area contributed by atoms with Crippen LogP contribution in [0.4, 0.5) is 10.1 Å². The first-order valence-corrected chi connectivity index (χ1v) is 10.3. The molecule has 0 saturated carbocycles. The smallest absolute Gasteiger partial charge is 0.321 e. The van der Waals surface area contributed by atoms with Crippen LogP contribution in [-0.2, 0) is 14.4 Å². The average Bonchev–Trinajstić information content (AvgIpc) is 2.89. The second kappa shape index (κ2) is 8.81. The number of hydrogen-bond acceptors (Lipinski definition) is 4. The average molecular weight is 423 g/mol. The van der Waals surface area contributed by atoms with E-state index in [-0.39, 0.29) is 35.2 Å². The van der Waals surface area contributed by atoms with Crippen LogP contribution in [-0.4, -0.2) is 46.0 Å². The zero-order chi connectivity index (χ0) is 22.7. The Kier molecular flexibility index (Phi) is 7.04. The van der Waals surface area contributed by atoms with E-state index in [1.54, 1.807) is 5.48 Å². The molecule has 2 unspecified atom stereocenters. The first kappa shape index (κ1) is 24.0. The van der Waals surface area contributed by atoms with E-state index < -0.39 is 22.7 Å². The first-order chi connectivity index (χ1) is 13.8. The van der Waals surface area contributed by atoms with Crippen molar-refractivity contribution in [1.82, 2.24) is 5.48 Å². The van der Waals surface area contributed by atoms with E-state index in [0.29, 0.717) is 25.1 Å². The highest BCUT2D eigenvalue weighted by molar-refractivity contribution is 5.94. The maximum Gasteiger partial charge on any atom is 0.321 e. The summed E-state index contributed by atoms with van der Waals surface area (Å²) in [5.74, 6) is -1.35. The molecule has 0 aromatic heterocycles. The number of anilines is 1. The number of amides is 3. The predicted octanol–water partition coefficient (Wildman–Crippen LogP) is 3.24. The maximum absolute atomic E-state index is 13.9. The molecule has 1 aliphatic rings. The Balaban J connectivity index is 2.35. The van der Waals surface area contributed by atoms with Crippen molar-refractivity contribution in [3.05, 3.63) is 30.1 Å². The minimum atomic E-state index is -0.940. The van der Waals surface area contributed by atoms with Crippen molar-refractivity contribution >= 4 is 23.4 Å². The van der Waals surface area contributed by atoms with Gasteiger partial charge >= 0.3 is 5.91 Å². The van der Waals surface area contributed by atoms with Crippen molar-refractivity contribution in [2.24, 2.45) is 11.3 Å². The lowest BCUT2D eigenvalue weighted by Gasteiger charge is -2.44. The Hall–Kier alpha value is -2.32. The molecule has 7 nitrogen and oxygen atoms in total. The van der Waals surface area contributed by atoms with Crippen molar-refractivity contribution < 1.29 is 28.5 Å². The molecule has 30 heavy (non-hydrogen) atoms. The van der Waals surface area contributed by atoms with Crippen LogP contribution in [0, 0.1) is 17.2 Å². The van der Waals surface area contributed by atoms with Gasteiger partial charge in [0.1, 0.15) is 5.82 Å². The summed E-state index contributed by atoms with van der Waals surface area (Å²) in [4.78, 5) is 38.8. The van der Waals surface area contributed by atoms with Gasteiger partial charge in [0.05, 0.1) is 17.5 Å². The van der Waals surface area contributed by atoms with Crippen molar-refractivity contribution in [1.29, 1.82) is 0 Å². The lowest BCUT2D eigenvalue weighted by Crippen LogP contribution is -2.65. The molecule has 1 fully saturated rings. The Morgan fingerprint density at radius 1 is 1.20 bits per heavy atom. The molecular formula is C22H33FN3O4+. The van der Waals surface area contributed by atoms with Crippen LogP contribution >= 0.6 is 0 Å². The molecule has 0 bridgehead atoms. The van der Waals surface area contributed by atoms with E-state index >= 15 is 0 Å². The molecular weight excluding hydrogens is 389 g/mol. The molecule has 3 N–H and O–H groups in total. The third kappa shape index (κ3) is 4.87. The third-order valence-electron chi connectivity index (χ3n) is 6.06. The summed E-state index contributed by atoms with van der Waals surface area (Å²) in [5.41, 5.74) is 0.581. The highest BCUT2D eigenvalue weighted by atomic mass is 19.1. The van der Waals surface area contributed by atoms with Gasteiger partial charge in [-0.1, -0.05) is 13.8 Å². The number of carbonyl (C=O) groups is 3.